The fourth-order valence-electron chi connectivity index (χ4n) is 4.32. The molecular weight excluding hydrogens is 463 g/mol. The number of rotatable bonds is 5. The zero-order valence-electron chi connectivity index (χ0n) is 20.5. The number of nitrogens with zero attached hydrogens (tertiary/aromatic N) is 2. The van der Waals surface area contributed by atoms with Crippen LogP contribution in [0.15, 0.2) is 71.1 Å². The van der Waals surface area contributed by atoms with Crippen LogP contribution in [0.4, 0.5) is 0 Å². The van der Waals surface area contributed by atoms with Crippen molar-refractivity contribution in [2.24, 2.45) is 0 Å². The molecule has 7 heteroatoms. The molecule has 0 bridgehead atoms. The number of hydrogen-bond acceptors (Lipinski definition) is 6. The summed E-state index contributed by atoms with van der Waals surface area (Å²) in [6, 6.07) is 21.9. The van der Waals surface area contributed by atoms with Crippen molar-refractivity contribution in [3.05, 3.63) is 94.5 Å². The van der Waals surface area contributed by atoms with Gasteiger partial charge in [0, 0.05) is 16.5 Å². The normalized spacial score (nSPS) is 11.6. The Bertz CT molecular complexity index is 1650. The number of pyridine rings is 1. The third kappa shape index (κ3) is 4.49. The minimum absolute atomic E-state index is 0. The van der Waals surface area contributed by atoms with E-state index in [-0.39, 0.29) is 41.2 Å². The van der Waals surface area contributed by atoms with Crippen LogP contribution >= 0.6 is 0 Å². The Morgan fingerprint density at radius 1 is 1.08 bits per heavy atom. The molecule has 0 aliphatic rings. The molecule has 6 nitrogen and oxygen atoms in total. The molecule has 0 saturated carbocycles. The average molecular weight is 484 g/mol. The van der Waals surface area contributed by atoms with Crippen molar-refractivity contribution < 1.29 is 48.6 Å². The molecule has 0 saturated heterocycles. The topological polar surface area (TPSA) is 99.2 Å². The fourth-order valence-corrected chi connectivity index (χ4v) is 4.32. The van der Waals surface area contributed by atoms with Crippen LogP contribution in [0.3, 0.4) is 0 Å². The molecule has 5 aromatic rings. The van der Waals surface area contributed by atoms with Gasteiger partial charge < -0.3 is 19.1 Å². The number of carboxylic acids is 1. The quantitative estimate of drug-likeness (QED) is 0.356. The van der Waals surface area contributed by atoms with E-state index in [0.29, 0.717) is 39.3 Å². The number of para-hydroxylation sites is 1. The summed E-state index contributed by atoms with van der Waals surface area (Å²) < 4.78 is 12.3. The molecule has 0 aliphatic heterocycles. The van der Waals surface area contributed by atoms with Gasteiger partial charge in [0.2, 0.25) is 0 Å². The number of carbonyl (C=O) groups is 1. The molecule has 0 radical (unpaired) electrons. The number of nitriles is 1. The number of carboxylic acid groups (broad SMARTS) is 1. The number of aromatic carboxylic acids is 1. The van der Waals surface area contributed by atoms with E-state index < -0.39 is 5.97 Å². The maximum absolute atomic E-state index is 12.3. The third-order valence-electron chi connectivity index (χ3n) is 6.23. The molecule has 172 valence electrons. The monoisotopic (exact) mass is 484 g/mol. The molecule has 0 N–H and O–H groups in total. The SMILES string of the molecule is Cc1c(-c2cc(C(=O)[O-])c3c(O[C@H](C)c4ccc(C#N)cc4)ccc(C)c3n2)oc2ccccc12.[Na+]. The van der Waals surface area contributed by atoms with Crippen molar-refractivity contribution in [2.45, 2.75) is 26.9 Å². The van der Waals surface area contributed by atoms with E-state index in [1.54, 1.807) is 18.2 Å². The van der Waals surface area contributed by atoms with Crippen molar-refractivity contribution >= 4 is 27.8 Å². The van der Waals surface area contributed by atoms with E-state index in [0.717, 1.165) is 22.1 Å². The van der Waals surface area contributed by atoms with Crippen molar-refractivity contribution in [3.8, 4) is 23.3 Å². The predicted octanol–water partition coefficient (Wildman–Crippen LogP) is 2.64. The zero-order chi connectivity index (χ0) is 24.7. The molecule has 0 unspecified atom stereocenters. The zero-order valence-corrected chi connectivity index (χ0v) is 22.5. The van der Waals surface area contributed by atoms with E-state index in [4.69, 9.17) is 19.4 Å². The Morgan fingerprint density at radius 2 is 1.81 bits per heavy atom. The van der Waals surface area contributed by atoms with Crippen LogP contribution in [0.25, 0.3) is 33.3 Å². The Hall–Kier alpha value is -3.63. The largest absolute Gasteiger partial charge is 1.00 e. The summed E-state index contributed by atoms with van der Waals surface area (Å²) in [7, 11) is 0. The number of aromatic nitrogens is 1. The molecule has 1 atom stereocenters. The van der Waals surface area contributed by atoms with Crippen LogP contribution in [0.1, 0.15) is 45.6 Å². The number of ether oxygens (including phenoxy) is 1. The van der Waals surface area contributed by atoms with Crippen LogP contribution in [-0.4, -0.2) is 11.0 Å². The molecule has 0 aliphatic carbocycles. The maximum Gasteiger partial charge on any atom is 1.00 e. The molecule has 0 amide bonds. The summed E-state index contributed by atoms with van der Waals surface area (Å²) in [6.07, 6.45) is -0.388. The summed E-state index contributed by atoms with van der Waals surface area (Å²) in [6.45, 7) is 5.67. The molecule has 36 heavy (non-hydrogen) atoms. The smallest absolute Gasteiger partial charge is 0.545 e. The van der Waals surface area contributed by atoms with Crippen LogP contribution in [0.5, 0.6) is 5.75 Å². The molecule has 3 aromatic carbocycles. The fraction of sp³-hybridized carbons (Fsp3) is 0.138. The number of benzene rings is 3. The van der Waals surface area contributed by atoms with E-state index in [9.17, 15) is 9.90 Å². The number of hydrogen-bond donors (Lipinski definition) is 0. The van der Waals surface area contributed by atoms with E-state index in [2.05, 4.69) is 6.07 Å². The van der Waals surface area contributed by atoms with Gasteiger partial charge in [-0.25, -0.2) is 4.98 Å². The first-order valence-corrected chi connectivity index (χ1v) is 11.2. The van der Waals surface area contributed by atoms with Gasteiger partial charge in [-0.1, -0.05) is 36.4 Å². The average Bonchev–Trinajstić information content (AvgIpc) is 3.21. The molecule has 0 fully saturated rings. The van der Waals surface area contributed by atoms with Crippen LogP contribution in [-0.2, 0) is 0 Å². The summed E-state index contributed by atoms with van der Waals surface area (Å²) >= 11 is 0. The Labute approximate surface area is 230 Å². The first-order valence-electron chi connectivity index (χ1n) is 11.2. The maximum atomic E-state index is 12.3. The second kappa shape index (κ2) is 10.2. The number of aryl methyl sites for hydroxylation is 2. The van der Waals surface area contributed by atoms with Gasteiger partial charge in [-0.2, -0.15) is 5.26 Å². The summed E-state index contributed by atoms with van der Waals surface area (Å²) in [5.41, 5.74) is 4.72. The van der Waals surface area contributed by atoms with Gasteiger partial charge in [-0.15, -0.1) is 0 Å². The van der Waals surface area contributed by atoms with Crippen molar-refractivity contribution in [3.63, 3.8) is 0 Å². The molecule has 2 heterocycles. The molecular formula is C29H21N2NaO4. The van der Waals surface area contributed by atoms with Gasteiger partial charge in [-0.05, 0) is 62.2 Å². The summed E-state index contributed by atoms with van der Waals surface area (Å²) in [5, 5.41) is 22.7. The van der Waals surface area contributed by atoms with Crippen LogP contribution < -0.4 is 39.4 Å². The number of carbonyl (C=O) groups excluding carboxylic acids is 1. The minimum atomic E-state index is -1.33. The van der Waals surface area contributed by atoms with Crippen LogP contribution in [0.2, 0.25) is 0 Å². The Morgan fingerprint density at radius 3 is 2.47 bits per heavy atom. The van der Waals surface area contributed by atoms with Gasteiger partial charge in [-0.3, -0.25) is 0 Å². The van der Waals surface area contributed by atoms with Crippen molar-refractivity contribution in [1.29, 1.82) is 5.26 Å². The summed E-state index contributed by atoms with van der Waals surface area (Å²) in [5.74, 6) is -0.414. The molecule has 0 spiro atoms. The van der Waals surface area contributed by atoms with Gasteiger partial charge >= 0.3 is 29.6 Å². The van der Waals surface area contributed by atoms with Crippen LogP contribution in [0, 0.1) is 25.2 Å². The first-order chi connectivity index (χ1) is 16.9. The van der Waals surface area contributed by atoms with Gasteiger partial charge in [0.15, 0.2) is 5.76 Å². The predicted molar refractivity (Wildman–Crippen MR) is 131 cm³/mol. The second-order valence-electron chi connectivity index (χ2n) is 8.49. The Kier molecular flexibility index (Phi) is 7.18. The van der Waals surface area contributed by atoms with E-state index >= 15 is 0 Å². The van der Waals surface area contributed by atoms with Crippen molar-refractivity contribution in [1.82, 2.24) is 4.98 Å². The van der Waals surface area contributed by atoms with E-state index in [1.807, 2.05) is 63.2 Å². The van der Waals surface area contributed by atoms with E-state index in [1.165, 1.54) is 6.07 Å². The van der Waals surface area contributed by atoms with Gasteiger partial charge in [0.05, 0.1) is 28.5 Å². The standard InChI is InChI=1S/C29H22N2O4.Na/c1-16-8-13-25(34-18(3)20-11-9-19(15-30)10-12-20)26-22(29(32)33)14-23(31-27(16)26)28-17(2)21-6-4-5-7-24(21)35-28;/h4-14,18H,1-3H3,(H,32,33);/q;+1/p-1/t18-;/m1./s1. The molecule has 5 rings (SSSR count). The minimum Gasteiger partial charge on any atom is -0.545 e. The summed E-state index contributed by atoms with van der Waals surface area (Å²) in [4.78, 5) is 17.1. The Balaban J connectivity index is 0.00000304. The van der Waals surface area contributed by atoms with Gasteiger partial charge in [0.1, 0.15) is 23.1 Å². The molecule has 2 aromatic heterocycles. The van der Waals surface area contributed by atoms with Crippen molar-refractivity contribution in [2.75, 3.05) is 0 Å². The third-order valence-corrected chi connectivity index (χ3v) is 6.23. The van der Waals surface area contributed by atoms with Gasteiger partial charge in [0.25, 0.3) is 0 Å². The second-order valence-corrected chi connectivity index (χ2v) is 8.49. The number of furan rings is 1. The number of fused-ring (bicyclic) bond motifs is 2. The first kappa shape index (κ1) is 25.5.